The molecule has 1 aliphatic rings. The Morgan fingerprint density at radius 3 is 2.68 bits per heavy atom. The lowest BCUT2D eigenvalue weighted by molar-refractivity contribution is 0.166. The molecule has 0 amide bonds. The third-order valence-electron chi connectivity index (χ3n) is 3.79. The molecule has 1 aliphatic heterocycles. The molecule has 1 N–H and O–H groups in total. The van der Waals surface area contributed by atoms with Crippen molar-refractivity contribution in [1.82, 2.24) is 10.2 Å². The number of hydrogen-bond acceptors (Lipinski definition) is 3. The van der Waals surface area contributed by atoms with Crippen LogP contribution in [0.1, 0.15) is 31.4 Å². The number of piperazine rings is 1. The van der Waals surface area contributed by atoms with E-state index in [0.29, 0.717) is 12.6 Å². The van der Waals surface area contributed by atoms with Crippen LogP contribution >= 0.6 is 24.8 Å². The number of nitrogens with zero attached hydrogens (tertiary/aromatic N) is 1. The molecule has 1 aromatic carbocycles. The van der Waals surface area contributed by atoms with Gasteiger partial charge in [-0.15, -0.1) is 31.4 Å². The smallest absolute Gasteiger partial charge is 0.119 e. The Kier molecular flexibility index (Phi) is 11.4. The van der Waals surface area contributed by atoms with Crippen molar-refractivity contribution in [1.29, 1.82) is 0 Å². The average molecular weight is 347 g/mol. The van der Waals surface area contributed by atoms with E-state index in [1.807, 2.05) is 19.1 Å². The lowest BCUT2D eigenvalue weighted by atomic mass is 9.99. The van der Waals surface area contributed by atoms with Gasteiger partial charge in [0.25, 0.3) is 0 Å². The van der Waals surface area contributed by atoms with Gasteiger partial charge in [-0.1, -0.05) is 18.2 Å². The lowest BCUT2D eigenvalue weighted by Gasteiger charge is -2.35. The molecule has 1 saturated heterocycles. The number of benzene rings is 1. The molecular formula is C17H28Cl2N2O. The maximum atomic E-state index is 5.64. The van der Waals surface area contributed by atoms with Crippen LogP contribution in [0.4, 0.5) is 0 Å². The monoisotopic (exact) mass is 346 g/mol. The molecule has 0 unspecified atom stereocenters. The van der Waals surface area contributed by atoms with E-state index in [9.17, 15) is 0 Å². The highest BCUT2D eigenvalue weighted by Crippen LogP contribution is 2.28. The van der Waals surface area contributed by atoms with E-state index in [0.717, 1.165) is 44.8 Å². The van der Waals surface area contributed by atoms with Crippen LogP contribution in [0.5, 0.6) is 5.75 Å². The molecular weight excluding hydrogens is 319 g/mol. The van der Waals surface area contributed by atoms with Crippen molar-refractivity contribution in [3.8, 4) is 5.75 Å². The minimum Gasteiger partial charge on any atom is -0.494 e. The highest BCUT2D eigenvalue weighted by atomic mass is 35.5. The topological polar surface area (TPSA) is 24.5 Å². The van der Waals surface area contributed by atoms with E-state index >= 15 is 0 Å². The normalized spacial score (nSPS) is 16.0. The van der Waals surface area contributed by atoms with Crippen molar-refractivity contribution in [3.05, 3.63) is 42.5 Å². The van der Waals surface area contributed by atoms with Crippen molar-refractivity contribution in [2.75, 3.05) is 32.8 Å². The van der Waals surface area contributed by atoms with E-state index in [2.05, 4.69) is 35.0 Å². The summed E-state index contributed by atoms with van der Waals surface area (Å²) in [6.45, 7) is 11.0. The number of rotatable bonds is 7. The van der Waals surface area contributed by atoms with Crippen molar-refractivity contribution in [2.24, 2.45) is 0 Å². The fourth-order valence-corrected chi connectivity index (χ4v) is 2.81. The summed E-state index contributed by atoms with van der Waals surface area (Å²) in [4.78, 5) is 2.57. The Bertz CT molecular complexity index is 423. The van der Waals surface area contributed by atoms with Crippen LogP contribution in [0.2, 0.25) is 0 Å². The summed E-state index contributed by atoms with van der Waals surface area (Å²) < 4.78 is 5.64. The molecule has 0 spiro atoms. The van der Waals surface area contributed by atoms with E-state index in [1.165, 1.54) is 5.56 Å². The first-order valence-electron chi connectivity index (χ1n) is 7.63. The average Bonchev–Trinajstić information content (AvgIpc) is 2.50. The van der Waals surface area contributed by atoms with E-state index in [4.69, 9.17) is 4.74 Å². The van der Waals surface area contributed by atoms with Crippen LogP contribution in [-0.2, 0) is 0 Å². The molecule has 2 rings (SSSR count). The summed E-state index contributed by atoms with van der Waals surface area (Å²) in [5.74, 6) is 0.976. The standard InChI is InChI=1S/C17H26N2O.2ClH/c1-3-5-9-17(19-12-10-18-11-13-19)15-7-6-8-16(14-15)20-4-2;;/h3,6-8,14,17-18H,1,4-5,9-13H2,2H3;2*1H/t17-;;/m0../s1. The Hall–Kier alpha value is -0.740. The second-order valence-electron chi connectivity index (χ2n) is 5.17. The molecule has 1 aromatic rings. The van der Waals surface area contributed by atoms with E-state index in [-0.39, 0.29) is 24.8 Å². The summed E-state index contributed by atoms with van der Waals surface area (Å²) in [7, 11) is 0. The van der Waals surface area contributed by atoms with Gasteiger partial charge >= 0.3 is 0 Å². The molecule has 1 atom stereocenters. The molecule has 1 fully saturated rings. The lowest BCUT2D eigenvalue weighted by Crippen LogP contribution is -2.45. The maximum Gasteiger partial charge on any atom is 0.119 e. The third kappa shape index (κ3) is 6.17. The van der Waals surface area contributed by atoms with Crippen molar-refractivity contribution >= 4 is 24.8 Å². The van der Waals surface area contributed by atoms with Crippen molar-refractivity contribution < 1.29 is 4.74 Å². The fourth-order valence-electron chi connectivity index (χ4n) is 2.81. The molecule has 126 valence electrons. The number of halogens is 2. The maximum absolute atomic E-state index is 5.64. The van der Waals surface area contributed by atoms with Crippen LogP contribution in [0, 0.1) is 0 Å². The highest BCUT2D eigenvalue weighted by Gasteiger charge is 2.21. The molecule has 0 aliphatic carbocycles. The van der Waals surface area contributed by atoms with Crippen LogP contribution in [-0.4, -0.2) is 37.7 Å². The Morgan fingerprint density at radius 2 is 2.05 bits per heavy atom. The second-order valence-corrected chi connectivity index (χ2v) is 5.17. The zero-order chi connectivity index (χ0) is 14.2. The first-order chi connectivity index (χ1) is 9.85. The number of ether oxygens (including phenoxy) is 1. The molecule has 0 radical (unpaired) electrons. The van der Waals surface area contributed by atoms with Crippen LogP contribution < -0.4 is 10.1 Å². The van der Waals surface area contributed by atoms with Gasteiger partial charge in [-0.3, -0.25) is 4.90 Å². The molecule has 0 bridgehead atoms. The predicted molar refractivity (Wildman–Crippen MR) is 98.7 cm³/mol. The van der Waals surface area contributed by atoms with Crippen LogP contribution in [0.15, 0.2) is 36.9 Å². The van der Waals surface area contributed by atoms with Gasteiger partial charge in [-0.2, -0.15) is 0 Å². The van der Waals surface area contributed by atoms with Gasteiger partial charge in [0.05, 0.1) is 6.61 Å². The minimum atomic E-state index is 0. The van der Waals surface area contributed by atoms with Crippen molar-refractivity contribution in [2.45, 2.75) is 25.8 Å². The van der Waals surface area contributed by atoms with Gasteiger partial charge in [0, 0.05) is 32.2 Å². The zero-order valence-electron chi connectivity index (χ0n) is 13.3. The summed E-state index contributed by atoms with van der Waals surface area (Å²) in [6.07, 6.45) is 4.19. The predicted octanol–water partition coefficient (Wildman–Crippen LogP) is 3.84. The van der Waals surface area contributed by atoms with E-state index < -0.39 is 0 Å². The first kappa shape index (κ1) is 21.3. The number of hydrogen-bond donors (Lipinski definition) is 1. The van der Waals surface area contributed by atoms with Gasteiger partial charge in [-0.05, 0) is 37.5 Å². The van der Waals surface area contributed by atoms with E-state index in [1.54, 1.807) is 0 Å². The Morgan fingerprint density at radius 1 is 1.32 bits per heavy atom. The molecule has 5 heteroatoms. The van der Waals surface area contributed by atoms with Gasteiger partial charge in [-0.25, -0.2) is 0 Å². The summed E-state index contributed by atoms with van der Waals surface area (Å²) in [5.41, 5.74) is 1.36. The Labute approximate surface area is 146 Å². The van der Waals surface area contributed by atoms with Gasteiger partial charge < -0.3 is 10.1 Å². The van der Waals surface area contributed by atoms with Crippen molar-refractivity contribution in [3.63, 3.8) is 0 Å². The second kappa shape index (κ2) is 11.8. The quantitative estimate of drug-likeness (QED) is 0.759. The summed E-state index contributed by atoms with van der Waals surface area (Å²) in [6, 6.07) is 9.02. The fraction of sp³-hybridized carbons (Fsp3) is 0.529. The van der Waals surface area contributed by atoms with Crippen LogP contribution in [0.3, 0.4) is 0 Å². The summed E-state index contributed by atoms with van der Waals surface area (Å²) in [5, 5.41) is 3.42. The third-order valence-corrected chi connectivity index (χ3v) is 3.79. The van der Waals surface area contributed by atoms with Gasteiger partial charge in [0.15, 0.2) is 0 Å². The number of nitrogens with one attached hydrogen (secondary N) is 1. The molecule has 0 saturated carbocycles. The molecule has 0 aromatic heterocycles. The van der Waals surface area contributed by atoms with Gasteiger partial charge in [0.1, 0.15) is 5.75 Å². The minimum absolute atomic E-state index is 0. The van der Waals surface area contributed by atoms with Gasteiger partial charge in [0.2, 0.25) is 0 Å². The SMILES string of the molecule is C=CCC[C@@H](c1cccc(OCC)c1)N1CCNCC1.Cl.Cl. The molecule has 3 nitrogen and oxygen atoms in total. The Balaban J connectivity index is 0.00000220. The highest BCUT2D eigenvalue weighted by molar-refractivity contribution is 5.85. The zero-order valence-corrected chi connectivity index (χ0v) is 14.9. The molecule has 1 heterocycles. The first-order valence-corrected chi connectivity index (χ1v) is 7.63. The summed E-state index contributed by atoms with van der Waals surface area (Å²) >= 11 is 0. The molecule has 22 heavy (non-hydrogen) atoms. The number of allylic oxidation sites excluding steroid dienone is 1. The largest absolute Gasteiger partial charge is 0.494 e. The van der Waals surface area contributed by atoms with Crippen LogP contribution in [0.25, 0.3) is 0 Å².